The number of hydrogen-bond donors (Lipinski definition) is 0. The fourth-order valence-corrected chi connectivity index (χ4v) is 4.84. The zero-order chi connectivity index (χ0) is 25.3. The van der Waals surface area contributed by atoms with Gasteiger partial charge in [0.05, 0.1) is 6.04 Å². The number of rotatable bonds is 10. The monoisotopic (exact) mass is 481 g/mol. The number of ketones is 1. The van der Waals surface area contributed by atoms with Crippen molar-refractivity contribution in [2.75, 3.05) is 0 Å². The van der Waals surface area contributed by atoms with Crippen LogP contribution in [0.4, 0.5) is 0 Å². The van der Waals surface area contributed by atoms with Crippen molar-refractivity contribution in [3.8, 4) is 0 Å². The summed E-state index contributed by atoms with van der Waals surface area (Å²) in [7, 11) is 0. The molecule has 0 aliphatic rings. The third kappa shape index (κ3) is 6.49. The molecule has 0 unspecified atom stereocenters. The van der Waals surface area contributed by atoms with E-state index in [0.29, 0.717) is 19.5 Å². The Morgan fingerprint density at radius 1 is 0.595 bits per heavy atom. The van der Waals surface area contributed by atoms with Crippen LogP contribution in [0, 0.1) is 0 Å². The summed E-state index contributed by atoms with van der Waals surface area (Å²) in [5, 5.41) is 2.33. The zero-order valence-corrected chi connectivity index (χ0v) is 20.9. The van der Waals surface area contributed by atoms with Crippen LogP contribution in [0.2, 0.25) is 0 Å². The first-order chi connectivity index (χ1) is 18.3. The number of benzene rings is 5. The van der Waals surface area contributed by atoms with E-state index in [1.165, 1.54) is 16.5 Å². The highest BCUT2D eigenvalue weighted by molar-refractivity contribution is 6.00. The van der Waals surface area contributed by atoms with Gasteiger partial charge in [-0.05, 0) is 45.5 Å². The first kappa shape index (κ1) is 24.4. The highest BCUT2D eigenvalue weighted by Gasteiger charge is 2.25. The maximum atomic E-state index is 14.0. The van der Waals surface area contributed by atoms with E-state index in [9.17, 15) is 4.79 Å². The van der Waals surface area contributed by atoms with Gasteiger partial charge in [-0.25, -0.2) is 0 Å². The summed E-state index contributed by atoms with van der Waals surface area (Å²) in [5.74, 6) is 0.114. The van der Waals surface area contributed by atoms with Gasteiger partial charge >= 0.3 is 0 Å². The summed E-state index contributed by atoms with van der Waals surface area (Å²) in [6, 6.07) is 45.4. The minimum Gasteiger partial charge on any atom is -0.293 e. The molecule has 37 heavy (non-hydrogen) atoms. The quantitative estimate of drug-likeness (QED) is 0.190. The van der Waals surface area contributed by atoms with Gasteiger partial charge in [-0.1, -0.05) is 140 Å². The van der Waals surface area contributed by atoms with Crippen molar-refractivity contribution >= 4 is 22.6 Å². The lowest BCUT2D eigenvalue weighted by Gasteiger charge is -2.30. The predicted molar refractivity (Wildman–Crippen MR) is 154 cm³/mol. The second-order valence-electron chi connectivity index (χ2n) is 9.39. The normalized spacial score (nSPS) is 12.2. The standard InChI is InChI=1S/C35H31NO/c37-35(24-23-32-21-12-20-31-19-10-11-22-33(31)32)34(25-28-13-4-1-5-14-28)36(26-29-15-6-2-7-16-29)27-30-17-8-3-9-18-30/h1-24,34H,25-27H2/b24-23+/t34-/m0/s1. The third-order valence-corrected chi connectivity index (χ3v) is 6.75. The summed E-state index contributed by atoms with van der Waals surface area (Å²) >= 11 is 0. The molecule has 0 N–H and O–H groups in total. The largest absolute Gasteiger partial charge is 0.293 e. The summed E-state index contributed by atoms with van der Waals surface area (Å²) in [6.45, 7) is 1.39. The Morgan fingerprint density at radius 2 is 1.11 bits per heavy atom. The summed E-state index contributed by atoms with van der Waals surface area (Å²) < 4.78 is 0. The third-order valence-electron chi connectivity index (χ3n) is 6.75. The Labute approximate surface area is 219 Å². The van der Waals surface area contributed by atoms with E-state index < -0.39 is 0 Å². The van der Waals surface area contributed by atoms with E-state index in [0.717, 1.165) is 16.5 Å². The van der Waals surface area contributed by atoms with Crippen molar-refractivity contribution in [2.45, 2.75) is 25.6 Å². The molecule has 182 valence electrons. The molecule has 2 nitrogen and oxygen atoms in total. The molecule has 0 aliphatic heterocycles. The second kappa shape index (κ2) is 12.1. The van der Waals surface area contributed by atoms with Gasteiger partial charge in [0.1, 0.15) is 0 Å². The van der Waals surface area contributed by atoms with Crippen molar-refractivity contribution in [1.29, 1.82) is 0 Å². The molecular weight excluding hydrogens is 450 g/mol. The number of carbonyl (C=O) groups excluding carboxylic acids is 1. The number of nitrogens with zero attached hydrogens (tertiary/aromatic N) is 1. The maximum absolute atomic E-state index is 14.0. The lowest BCUT2D eigenvalue weighted by molar-refractivity contribution is -0.120. The molecule has 0 spiro atoms. The smallest absolute Gasteiger partial charge is 0.173 e. The molecule has 5 aromatic rings. The van der Waals surface area contributed by atoms with Crippen molar-refractivity contribution in [2.24, 2.45) is 0 Å². The fourth-order valence-electron chi connectivity index (χ4n) is 4.84. The van der Waals surface area contributed by atoms with Crippen molar-refractivity contribution in [3.05, 3.63) is 162 Å². The average molecular weight is 482 g/mol. The molecule has 0 saturated carbocycles. The number of hydrogen-bond acceptors (Lipinski definition) is 2. The molecule has 0 fully saturated rings. The van der Waals surface area contributed by atoms with Gasteiger partial charge < -0.3 is 0 Å². The van der Waals surface area contributed by atoms with Gasteiger partial charge in [0, 0.05) is 13.1 Å². The van der Waals surface area contributed by atoms with Gasteiger partial charge in [0.2, 0.25) is 0 Å². The van der Waals surface area contributed by atoms with Gasteiger partial charge in [0.25, 0.3) is 0 Å². The van der Waals surface area contributed by atoms with E-state index in [2.05, 4.69) is 89.8 Å². The van der Waals surface area contributed by atoms with Crippen LogP contribution in [0.25, 0.3) is 16.8 Å². The van der Waals surface area contributed by atoms with Crippen molar-refractivity contribution < 1.29 is 4.79 Å². The Hall–Kier alpha value is -4.27. The first-order valence-corrected chi connectivity index (χ1v) is 12.8. The molecule has 1 atom stereocenters. The van der Waals surface area contributed by atoms with Crippen LogP contribution in [-0.4, -0.2) is 16.7 Å². The van der Waals surface area contributed by atoms with Crippen molar-refractivity contribution in [1.82, 2.24) is 4.90 Å². The Bertz CT molecular complexity index is 1410. The molecule has 0 aromatic heterocycles. The van der Waals surface area contributed by atoms with Crippen LogP contribution in [-0.2, 0) is 24.3 Å². The minimum absolute atomic E-state index is 0.114. The van der Waals surface area contributed by atoms with Crippen LogP contribution in [0.3, 0.4) is 0 Å². The Kier molecular flexibility index (Phi) is 8.00. The van der Waals surface area contributed by atoms with E-state index in [-0.39, 0.29) is 11.8 Å². The summed E-state index contributed by atoms with van der Waals surface area (Å²) in [5.41, 5.74) is 4.61. The number of carbonyl (C=O) groups is 1. The van der Waals surface area contributed by atoms with E-state index in [4.69, 9.17) is 0 Å². The van der Waals surface area contributed by atoms with E-state index >= 15 is 0 Å². The van der Waals surface area contributed by atoms with Crippen molar-refractivity contribution in [3.63, 3.8) is 0 Å². The van der Waals surface area contributed by atoms with Gasteiger partial charge in [0.15, 0.2) is 5.78 Å². The maximum Gasteiger partial charge on any atom is 0.173 e. The van der Waals surface area contributed by atoms with E-state index in [1.54, 1.807) is 6.08 Å². The van der Waals surface area contributed by atoms with Crippen LogP contribution < -0.4 is 0 Å². The van der Waals surface area contributed by atoms with E-state index in [1.807, 2.05) is 54.6 Å². The highest BCUT2D eigenvalue weighted by atomic mass is 16.1. The van der Waals surface area contributed by atoms with Gasteiger partial charge in [-0.3, -0.25) is 9.69 Å². The van der Waals surface area contributed by atoms with Crippen LogP contribution in [0.5, 0.6) is 0 Å². The average Bonchev–Trinajstić information content (AvgIpc) is 2.96. The first-order valence-electron chi connectivity index (χ1n) is 12.8. The molecule has 0 saturated heterocycles. The molecule has 0 aliphatic carbocycles. The lowest BCUT2D eigenvalue weighted by Crippen LogP contribution is -2.41. The van der Waals surface area contributed by atoms with Gasteiger partial charge in [-0.15, -0.1) is 0 Å². The molecule has 5 rings (SSSR count). The Morgan fingerprint density at radius 3 is 1.73 bits per heavy atom. The molecule has 0 radical (unpaired) electrons. The summed E-state index contributed by atoms with van der Waals surface area (Å²) in [6.07, 6.45) is 4.41. The Balaban J connectivity index is 1.49. The molecule has 5 aromatic carbocycles. The zero-order valence-electron chi connectivity index (χ0n) is 20.9. The van der Waals surface area contributed by atoms with Gasteiger partial charge in [-0.2, -0.15) is 0 Å². The molecular formula is C35H31NO. The molecule has 0 heterocycles. The van der Waals surface area contributed by atoms with Crippen LogP contribution in [0.15, 0.2) is 140 Å². The molecule has 2 heteroatoms. The second-order valence-corrected chi connectivity index (χ2v) is 9.39. The molecule has 0 amide bonds. The highest BCUT2D eigenvalue weighted by Crippen LogP contribution is 2.22. The summed E-state index contributed by atoms with van der Waals surface area (Å²) in [4.78, 5) is 16.3. The topological polar surface area (TPSA) is 20.3 Å². The fraction of sp³-hybridized carbons (Fsp3) is 0.114. The van der Waals surface area contributed by atoms with Crippen LogP contribution >= 0.6 is 0 Å². The van der Waals surface area contributed by atoms with Crippen LogP contribution in [0.1, 0.15) is 22.3 Å². The lowest BCUT2D eigenvalue weighted by atomic mass is 9.97. The SMILES string of the molecule is O=C(/C=C/c1cccc2ccccc12)[C@H](Cc1ccccc1)N(Cc1ccccc1)Cc1ccccc1. The number of fused-ring (bicyclic) bond motifs is 1. The predicted octanol–water partition coefficient (Wildman–Crippen LogP) is 7.74. The minimum atomic E-state index is -0.297. The molecule has 0 bridgehead atoms.